The molecule has 1 saturated heterocycles. The Kier molecular flexibility index (Phi) is 7.01. The lowest BCUT2D eigenvalue weighted by molar-refractivity contribution is -0.117. The molecule has 0 unspecified atom stereocenters. The fourth-order valence-electron chi connectivity index (χ4n) is 4.78. The molecule has 1 saturated carbocycles. The van der Waals surface area contributed by atoms with Crippen LogP contribution >= 0.6 is 11.8 Å². The second kappa shape index (κ2) is 9.90. The Morgan fingerprint density at radius 3 is 2.58 bits per heavy atom. The van der Waals surface area contributed by atoms with Gasteiger partial charge in [0.05, 0.1) is 5.75 Å². The smallest absolute Gasteiger partial charge is 0.238 e. The first-order valence-electron chi connectivity index (χ1n) is 11.5. The topological polar surface area (TPSA) is 49.4 Å². The summed E-state index contributed by atoms with van der Waals surface area (Å²) in [4.78, 5) is 27.6. The Morgan fingerprint density at radius 1 is 1.10 bits per heavy atom. The molecule has 1 atom stereocenters. The van der Waals surface area contributed by atoms with Crippen LogP contribution in [0, 0.1) is 5.92 Å². The molecule has 164 valence electrons. The average molecular weight is 437 g/mol. The molecule has 2 fully saturated rings. The van der Waals surface area contributed by atoms with E-state index in [0.29, 0.717) is 24.0 Å². The van der Waals surface area contributed by atoms with Gasteiger partial charge in [-0.3, -0.25) is 14.5 Å². The number of hydrogen-bond donors (Lipinski definition) is 1. The van der Waals surface area contributed by atoms with Gasteiger partial charge in [-0.2, -0.15) is 0 Å². The fourth-order valence-corrected chi connectivity index (χ4v) is 5.99. The van der Waals surface area contributed by atoms with E-state index in [1.54, 1.807) is 11.8 Å². The molecule has 0 radical (unpaired) electrons. The molecule has 1 N–H and O–H groups in total. The molecule has 31 heavy (non-hydrogen) atoms. The van der Waals surface area contributed by atoms with Gasteiger partial charge < -0.3 is 5.32 Å². The minimum atomic E-state index is -0.140. The Morgan fingerprint density at radius 2 is 1.81 bits per heavy atom. The molecule has 4 nitrogen and oxygen atoms in total. The van der Waals surface area contributed by atoms with Crippen LogP contribution in [0.5, 0.6) is 0 Å². The summed E-state index contributed by atoms with van der Waals surface area (Å²) in [6.07, 6.45) is 6.66. The van der Waals surface area contributed by atoms with Crippen LogP contribution in [-0.2, 0) is 9.59 Å². The number of nitrogens with one attached hydrogen (secondary N) is 1. The van der Waals surface area contributed by atoms with Gasteiger partial charge >= 0.3 is 0 Å². The second-order valence-electron chi connectivity index (χ2n) is 8.97. The first-order valence-corrected chi connectivity index (χ1v) is 12.5. The number of carbonyl (C=O) groups excluding carboxylic acids is 2. The van der Waals surface area contributed by atoms with Crippen molar-refractivity contribution >= 4 is 35.0 Å². The monoisotopic (exact) mass is 436 g/mol. The van der Waals surface area contributed by atoms with E-state index in [4.69, 9.17) is 0 Å². The molecule has 0 spiro atoms. The third kappa shape index (κ3) is 4.98. The van der Waals surface area contributed by atoms with E-state index >= 15 is 0 Å². The van der Waals surface area contributed by atoms with Crippen molar-refractivity contribution in [3.8, 4) is 0 Å². The average Bonchev–Trinajstić information content (AvgIpc) is 3.42. The molecule has 5 heteroatoms. The summed E-state index contributed by atoms with van der Waals surface area (Å²) in [5, 5.41) is 3.01. The summed E-state index contributed by atoms with van der Waals surface area (Å²) in [6, 6.07) is 16.1. The van der Waals surface area contributed by atoms with Crippen LogP contribution in [0.1, 0.15) is 74.8 Å². The molecular formula is C26H32N2O2S. The van der Waals surface area contributed by atoms with Gasteiger partial charge in [-0.05, 0) is 36.0 Å². The third-order valence-electron chi connectivity index (χ3n) is 6.44. The van der Waals surface area contributed by atoms with E-state index in [-0.39, 0.29) is 17.2 Å². The molecule has 2 aliphatic rings. The highest BCUT2D eigenvalue weighted by Gasteiger charge is 2.36. The highest BCUT2D eigenvalue weighted by molar-refractivity contribution is 8.00. The van der Waals surface area contributed by atoms with Crippen molar-refractivity contribution in [3.63, 3.8) is 0 Å². The van der Waals surface area contributed by atoms with Crippen LogP contribution in [-0.4, -0.2) is 17.6 Å². The van der Waals surface area contributed by atoms with Gasteiger partial charge in [0.2, 0.25) is 11.8 Å². The van der Waals surface area contributed by atoms with Crippen LogP contribution in [0.2, 0.25) is 0 Å². The van der Waals surface area contributed by atoms with E-state index in [1.165, 1.54) is 31.2 Å². The number of anilines is 2. The van der Waals surface area contributed by atoms with E-state index in [0.717, 1.165) is 23.4 Å². The van der Waals surface area contributed by atoms with E-state index in [2.05, 4.69) is 25.2 Å². The van der Waals surface area contributed by atoms with Gasteiger partial charge in [-0.25, -0.2) is 0 Å². The van der Waals surface area contributed by atoms with Crippen molar-refractivity contribution in [2.24, 2.45) is 5.92 Å². The summed E-state index contributed by atoms with van der Waals surface area (Å²) in [5.74, 6) is 1.65. The first-order chi connectivity index (χ1) is 15.0. The van der Waals surface area contributed by atoms with Gasteiger partial charge in [0.15, 0.2) is 0 Å². The van der Waals surface area contributed by atoms with Crippen molar-refractivity contribution in [3.05, 3.63) is 59.7 Å². The SMILES string of the molecule is CC(C)c1ccccc1N1C(=O)CS[C@@H]1c1ccccc1NC(=O)CCC1CCCC1. The number of amides is 2. The van der Waals surface area contributed by atoms with Crippen LogP contribution < -0.4 is 10.2 Å². The van der Waals surface area contributed by atoms with Crippen molar-refractivity contribution in [1.82, 2.24) is 0 Å². The Balaban J connectivity index is 1.56. The molecule has 0 aromatic heterocycles. The predicted octanol–water partition coefficient (Wildman–Crippen LogP) is 6.50. The summed E-state index contributed by atoms with van der Waals surface area (Å²) in [6.45, 7) is 4.31. The minimum absolute atomic E-state index is 0.0720. The summed E-state index contributed by atoms with van der Waals surface area (Å²) < 4.78 is 0. The maximum absolute atomic E-state index is 12.9. The number of nitrogens with zero attached hydrogens (tertiary/aromatic N) is 1. The number of rotatable bonds is 7. The lowest BCUT2D eigenvalue weighted by Crippen LogP contribution is -2.29. The van der Waals surface area contributed by atoms with E-state index in [9.17, 15) is 9.59 Å². The van der Waals surface area contributed by atoms with Gasteiger partial charge in [0.1, 0.15) is 5.37 Å². The third-order valence-corrected chi connectivity index (χ3v) is 7.64. The predicted molar refractivity (Wildman–Crippen MR) is 129 cm³/mol. The number of carbonyl (C=O) groups is 2. The van der Waals surface area contributed by atoms with Crippen LogP contribution in [0.25, 0.3) is 0 Å². The molecular weight excluding hydrogens is 404 g/mol. The number of benzene rings is 2. The number of para-hydroxylation sites is 2. The summed E-state index contributed by atoms with van der Waals surface area (Å²) >= 11 is 1.63. The highest BCUT2D eigenvalue weighted by Crippen LogP contribution is 2.46. The summed E-state index contributed by atoms with van der Waals surface area (Å²) in [5.41, 5.74) is 3.95. The van der Waals surface area contributed by atoms with Crippen molar-refractivity contribution in [2.75, 3.05) is 16.0 Å². The second-order valence-corrected chi connectivity index (χ2v) is 10.0. The maximum Gasteiger partial charge on any atom is 0.238 e. The summed E-state index contributed by atoms with van der Waals surface area (Å²) in [7, 11) is 0. The molecule has 1 heterocycles. The van der Waals surface area contributed by atoms with Gasteiger partial charge in [-0.15, -0.1) is 11.8 Å². The molecule has 1 aliphatic heterocycles. The van der Waals surface area contributed by atoms with Crippen molar-refractivity contribution in [2.45, 2.75) is 63.7 Å². The molecule has 2 aromatic rings. The lowest BCUT2D eigenvalue weighted by atomic mass is 9.99. The Labute approximate surface area is 189 Å². The Bertz CT molecular complexity index is 937. The number of thioether (sulfide) groups is 1. The molecule has 1 aliphatic carbocycles. The van der Waals surface area contributed by atoms with Crippen molar-refractivity contribution < 1.29 is 9.59 Å². The quantitative estimate of drug-likeness (QED) is 0.539. The molecule has 4 rings (SSSR count). The van der Waals surface area contributed by atoms with Gasteiger partial charge in [0.25, 0.3) is 0 Å². The van der Waals surface area contributed by atoms with Crippen LogP contribution in [0.3, 0.4) is 0 Å². The zero-order chi connectivity index (χ0) is 21.8. The molecule has 0 bridgehead atoms. The van der Waals surface area contributed by atoms with E-state index in [1.807, 2.05) is 47.4 Å². The standard InChI is InChI=1S/C26H32N2O2S/c1-18(2)20-11-6-8-14-23(20)28-25(30)17-31-26(28)21-12-5-7-13-22(21)27-24(29)16-15-19-9-3-4-10-19/h5-8,11-14,18-19,26H,3-4,9-10,15-17H2,1-2H3,(H,27,29)/t26-/m1/s1. The lowest BCUT2D eigenvalue weighted by Gasteiger charge is -2.29. The minimum Gasteiger partial charge on any atom is -0.326 e. The largest absolute Gasteiger partial charge is 0.326 e. The van der Waals surface area contributed by atoms with E-state index < -0.39 is 0 Å². The normalized spacial score (nSPS) is 19.4. The zero-order valence-electron chi connectivity index (χ0n) is 18.5. The molecule has 2 amide bonds. The van der Waals surface area contributed by atoms with Crippen LogP contribution in [0.15, 0.2) is 48.5 Å². The van der Waals surface area contributed by atoms with Crippen LogP contribution in [0.4, 0.5) is 11.4 Å². The van der Waals surface area contributed by atoms with Gasteiger partial charge in [-0.1, -0.05) is 75.9 Å². The zero-order valence-corrected chi connectivity index (χ0v) is 19.3. The fraction of sp³-hybridized carbons (Fsp3) is 0.462. The Hall–Kier alpha value is -2.27. The highest BCUT2D eigenvalue weighted by atomic mass is 32.2. The molecule has 2 aromatic carbocycles. The van der Waals surface area contributed by atoms with Gasteiger partial charge in [0, 0.05) is 23.4 Å². The maximum atomic E-state index is 12.9. The first kappa shape index (κ1) is 21.9. The number of hydrogen-bond acceptors (Lipinski definition) is 3. The van der Waals surface area contributed by atoms with Crippen molar-refractivity contribution in [1.29, 1.82) is 0 Å².